The van der Waals surface area contributed by atoms with E-state index < -0.39 is 0 Å². The molecule has 0 aromatic carbocycles. The lowest BCUT2D eigenvalue weighted by Gasteiger charge is -2.12. The molecule has 108 valence electrons. The van der Waals surface area contributed by atoms with Gasteiger partial charge in [-0.05, 0) is 39.8 Å². The van der Waals surface area contributed by atoms with Crippen LogP contribution in [0.1, 0.15) is 47.6 Å². The number of nitrogens with one attached hydrogen (secondary N) is 1. The predicted octanol–water partition coefficient (Wildman–Crippen LogP) is 2.19. The van der Waals surface area contributed by atoms with Crippen molar-refractivity contribution in [3.05, 3.63) is 35.0 Å². The number of anilines is 1. The van der Waals surface area contributed by atoms with Crippen LogP contribution in [0.2, 0.25) is 0 Å². The van der Waals surface area contributed by atoms with Crippen molar-refractivity contribution in [3.8, 4) is 0 Å². The molecule has 0 aliphatic heterocycles. The molecular weight excluding hydrogens is 256 g/mol. The SMILES string of the molecule is CCn1nc(C)c(N)c1C(=O)NC(C)c1ccc(C)o1. The maximum absolute atomic E-state index is 12.4. The quantitative estimate of drug-likeness (QED) is 0.896. The van der Waals surface area contributed by atoms with Crippen LogP contribution in [0.25, 0.3) is 0 Å². The fourth-order valence-electron chi connectivity index (χ4n) is 2.09. The van der Waals surface area contributed by atoms with E-state index in [-0.39, 0.29) is 11.9 Å². The van der Waals surface area contributed by atoms with Gasteiger partial charge in [-0.15, -0.1) is 0 Å². The van der Waals surface area contributed by atoms with Gasteiger partial charge in [0.15, 0.2) is 0 Å². The van der Waals surface area contributed by atoms with Gasteiger partial charge in [-0.25, -0.2) is 0 Å². The Morgan fingerprint density at radius 1 is 1.50 bits per heavy atom. The molecule has 0 aliphatic rings. The van der Waals surface area contributed by atoms with Gasteiger partial charge in [0.2, 0.25) is 0 Å². The average Bonchev–Trinajstić information content (AvgIpc) is 2.94. The van der Waals surface area contributed by atoms with Crippen LogP contribution < -0.4 is 11.1 Å². The third-order valence-electron chi connectivity index (χ3n) is 3.22. The number of hydrogen-bond donors (Lipinski definition) is 2. The van der Waals surface area contributed by atoms with Crippen molar-refractivity contribution in [1.29, 1.82) is 0 Å². The van der Waals surface area contributed by atoms with E-state index in [2.05, 4.69) is 10.4 Å². The van der Waals surface area contributed by atoms with Crippen molar-refractivity contribution < 1.29 is 9.21 Å². The maximum Gasteiger partial charge on any atom is 0.272 e. The van der Waals surface area contributed by atoms with Gasteiger partial charge in [0.05, 0.1) is 17.4 Å². The number of nitrogen functional groups attached to an aromatic ring is 1. The molecule has 2 rings (SSSR count). The third kappa shape index (κ3) is 2.54. The summed E-state index contributed by atoms with van der Waals surface area (Å²) >= 11 is 0. The van der Waals surface area contributed by atoms with Crippen LogP contribution in [0.3, 0.4) is 0 Å². The Balaban J connectivity index is 2.20. The number of furan rings is 1. The summed E-state index contributed by atoms with van der Waals surface area (Å²) < 4.78 is 7.12. The molecule has 2 aromatic rings. The molecule has 0 fully saturated rings. The summed E-state index contributed by atoms with van der Waals surface area (Å²) in [5.74, 6) is 1.29. The predicted molar refractivity (Wildman–Crippen MR) is 76.4 cm³/mol. The molecule has 0 bridgehead atoms. The van der Waals surface area contributed by atoms with E-state index in [0.29, 0.717) is 29.4 Å². The van der Waals surface area contributed by atoms with Crippen molar-refractivity contribution in [1.82, 2.24) is 15.1 Å². The molecule has 2 aromatic heterocycles. The van der Waals surface area contributed by atoms with Gasteiger partial charge in [0.25, 0.3) is 5.91 Å². The Morgan fingerprint density at radius 3 is 2.75 bits per heavy atom. The number of nitrogens with zero attached hydrogens (tertiary/aromatic N) is 2. The van der Waals surface area contributed by atoms with Gasteiger partial charge in [-0.1, -0.05) is 0 Å². The minimum atomic E-state index is -0.244. The topological polar surface area (TPSA) is 86.1 Å². The van der Waals surface area contributed by atoms with Crippen molar-refractivity contribution in [2.75, 3.05) is 5.73 Å². The van der Waals surface area contributed by atoms with Crippen LogP contribution in [0.5, 0.6) is 0 Å². The van der Waals surface area contributed by atoms with Gasteiger partial charge in [0, 0.05) is 6.54 Å². The molecule has 2 heterocycles. The summed E-state index contributed by atoms with van der Waals surface area (Å²) in [6, 6.07) is 3.50. The summed E-state index contributed by atoms with van der Waals surface area (Å²) in [5, 5.41) is 7.12. The molecule has 0 saturated heterocycles. The van der Waals surface area contributed by atoms with Crippen LogP contribution in [0, 0.1) is 13.8 Å². The van der Waals surface area contributed by atoms with E-state index in [4.69, 9.17) is 10.2 Å². The summed E-state index contributed by atoms with van der Waals surface area (Å²) in [5.41, 5.74) is 7.42. The second kappa shape index (κ2) is 5.40. The lowest BCUT2D eigenvalue weighted by molar-refractivity contribution is 0.0925. The molecule has 20 heavy (non-hydrogen) atoms. The Kier molecular flexibility index (Phi) is 3.83. The first kappa shape index (κ1) is 14.2. The van der Waals surface area contributed by atoms with Crippen LogP contribution in [0.4, 0.5) is 5.69 Å². The number of rotatable bonds is 4. The fourth-order valence-corrected chi connectivity index (χ4v) is 2.09. The van der Waals surface area contributed by atoms with Crippen molar-refractivity contribution in [2.24, 2.45) is 0 Å². The molecule has 0 radical (unpaired) electrons. The molecular formula is C14H20N4O2. The number of carbonyl (C=O) groups excluding carboxylic acids is 1. The van der Waals surface area contributed by atoms with Crippen LogP contribution in [0.15, 0.2) is 16.5 Å². The van der Waals surface area contributed by atoms with Crippen LogP contribution >= 0.6 is 0 Å². The first-order chi connectivity index (χ1) is 9.43. The van der Waals surface area contributed by atoms with Gasteiger partial charge < -0.3 is 15.5 Å². The van der Waals surface area contributed by atoms with E-state index in [1.54, 1.807) is 11.6 Å². The number of amides is 1. The summed E-state index contributed by atoms with van der Waals surface area (Å²) in [4.78, 5) is 12.4. The molecule has 6 nitrogen and oxygen atoms in total. The first-order valence-electron chi connectivity index (χ1n) is 6.64. The fraction of sp³-hybridized carbons (Fsp3) is 0.429. The highest BCUT2D eigenvalue weighted by molar-refractivity contribution is 5.98. The highest BCUT2D eigenvalue weighted by atomic mass is 16.3. The average molecular weight is 276 g/mol. The standard InChI is InChI=1S/C14H20N4O2/c1-5-18-13(12(15)10(4)17-18)14(19)16-9(3)11-7-6-8(2)20-11/h6-7,9H,5,15H2,1-4H3,(H,16,19). The zero-order valence-corrected chi connectivity index (χ0v) is 12.2. The Labute approximate surface area is 117 Å². The van der Waals surface area contributed by atoms with Crippen molar-refractivity contribution in [2.45, 2.75) is 40.3 Å². The Hall–Kier alpha value is -2.24. The zero-order valence-electron chi connectivity index (χ0n) is 12.2. The zero-order chi connectivity index (χ0) is 14.9. The molecule has 0 saturated carbocycles. The number of hydrogen-bond acceptors (Lipinski definition) is 4. The molecule has 6 heteroatoms. The van der Waals surface area contributed by atoms with Crippen LogP contribution in [-0.2, 0) is 6.54 Å². The largest absolute Gasteiger partial charge is 0.464 e. The lowest BCUT2D eigenvalue weighted by Crippen LogP contribution is -2.29. The second-order valence-electron chi connectivity index (χ2n) is 4.81. The van der Waals surface area contributed by atoms with Crippen molar-refractivity contribution in [3.63, 3.8) is 0 Å². The minimum Gasteiger partial charge on any atom is -0.464 e. The smallest absolute Gasteiger partial charge is 0.272 e. The van der Waals surface area contributed by atoms with E-state index in [9.17, 15) is 4.79 Å². The molecule has 3 N–H and O–H groups in total. The number of aromatic nitrogens is 2. The van der Waals surface area contributed by atoms with Crippen molar-refractivity contribution >= 4 is 11.6 Å². The summed E-state index contributed by atoms with van der Waals surface area (Å²) in [6.45, 7) is 8.03. The number of nitrogens with two attached hydrogens (primary N) is 1. The highest BCUT2D eigenvalue weighted by Gasteiger charge is 2.21. The maximum atomic E-state index is 12.4. The Bertz CT molecular complexity index is 627. The highest BCUT2D eigenvalue weighted by Crippen LogP contribution is 2.19. The second-order valence-corrected chi connectivity index (χ2v) is 4.81. The molecule has 1 atom stereocenters. The molecule has 0 aliphatic carbocycles. The Morgan fingerprint density at radius 2 is 2.20 bits per heavy atom. The third-order valence-corrected chi connectivity index (χ3v) is 3.22. The molecule has 1 amide bonds. The number of aryl methyl sites for hydroxylation is 3. The number of carbonyl (C=O) groups is 1. The van der Waals surface area contributed by atoms with Crippen LogP contribution in [-0.4, -0.2) is 15.7 Å². The minimum absolute atomic E-state index is 0.226. The van der Waals surface area contributed by atoms with Gasteiger partial charge in [0.1, 0.15) is 17.2 Å². The molecule has 1 unspecified atom stereocenters. The van der Waals surface area contributed by atoms with Gasteiger partial charge >= 0.3 is 0 Å². The summed E-state index contributed by atoms with van der Waals surface area (Å²) in [6.07, 6.45) is 0. The summed E-state index contributed by atoms with van der Waals surface area (Å²) in [7, 11) is 0. The normalized spacial score (nSPS) is 12.4. The monoisotopic (exact) mass is 276 g/mol. The lowest BCUT2D eigenvalue weighted by atomic mass is 10.2. The first-order valence-corrected chi connectivity index (χ1v) is 6.64. The van der Waals surface area contributed by atoms with Gasteiger partial charge in [-0.2, -0.15) is 5.10 Å². The molecule has 0 spiro atoms. The van der Waals surface area contributed by atoms with E-state index in [1.165, 1.54) is 0 Å². The van der Waals surface area contributed by atoms with E-state index in [1.807, 2.05) is 32.9 Å². The van der Waals surface area contributed by atoms with E-state index >= 15 is 0 Å². The van der Waals surface area contributed by atoms with E-state index in [0.717, 1.165) is 5.76 Å². The van der Waals surface area contributed by atoms with Gasteiger partial charge in [-0.3, -0.25) is 9.48 Å².